The molecule has 1 atom stereocenters. The van der Waals surface area contributed by atoms with E-state index in [0.717, 1.165) is 10.0 Å². The summed E-state index contributed by atoms with van der Waals surface area (Å²) in [4.78, 5) is 38.1. The van der Waals surface area contributed by atoms with Gasteiger partial charge in [-0.05, 0) is 42.2 Å². The number of hydrogen-bond donors (Lipinski definition) is 2. The number of unbranched alkanes of at least 4 members (excludes halogenated alkanes) is 2. The third kappa shape index (κ3) is 5.73. The van der Waals surface area contributed by atoms with Crippen LogP contribution in [0.25, 0.3) is 6.08 Å². The van der Waals surface area contributed by atoms with Crippen molar-refractivity contribution in [3.8, 4) is 0 Å². The molecule has 2 N–H and O–H groups in total. The number of aliphatic hydroxyl groups is 1. The Kier molecular flexibility index (Phi) is 8.00. The molecule has 1 unspecified atom stereocenters. The number of carbonyl (C=O) groups is 3. The maximum Gasteiger partial charge on any atom is 0.303 e. The van der Waals surface area contributed by atoms with Gasteiger partial charge >= 0.3 is 5.97 Å². The summed E-state index contributed by atoms with van der Waals surface area (Å²) < 4.78 is 0.857. The van der Waals surface area contributed by atoms with Crippen LogP contribution in [0.4, 0.5) is 0 Å². The van der Waals surface area contributed by atoms with Crippen LogP contribution in [-0.4, -0.2) is 39.3 Å². The van der Waals surface area contributed by atoms with Crippen LogP contribution in [0, 0.1) is 0 Å². The molecule has 1 amide bonds. The Morgan fingerprint density at radius 2 is 1.69 bits per heavy atom. The summed E-state index contributed by atoms with van der Waals surface area (Å²) in [7, 11) is 0. The summed E-state index contributed by atoms with van der Waals surface area (Å²) in [6.45, 7) is 0.308. The Morgan fingerprint density at radius 1 is 1.00 bits per heavy atom. The Hall–Kier alpha value is -3.19. The molecule has 1 aliphatic rings. The lowest BCUT2D eigenvalue weighted by Gasteiger charge is -2.26. The number of carboxylic acid groups (broad SMARTS) is 1. The van der Waals surface area contributed by atoms with Gasteiger partial charge in [-0.2, -0.15) is 0 Å². The molecule has 1 aliphatic heterocycles. The van der Waals surface area contributed by atoms with E-state index in [1.165, 1.54) is 11.0 Å². The first-order chi connectivity index (χ1) is 15.4. The molecule has 0 saturated carbocycles. The fourth-order valence-electron chi connectivity index (χ4n) is 3.69. The van der Waals surface area contributed by atoms with E-state index in [1.807, 2.05) is 54.6 Å². The van der Waals surface area contributed by atoms with Crippen molar-refractivity contribution in [1.82, 2.24) is 4.90 Å². The molecule has 0 radical (unpaired) electrons. The van der Waals surface area contributed by atoms with Crippen LogP contribution in [0.3, 0.4) is 0 Å². The Balaban J connectivity index is 1.85. The van der Waals surface area contributed by atoms with Crippen molar-refractivity contribution < 1.29 is 24.6 Å². The van der Waals surface area contributed by atoms with Gasteiger partial charge in [-0.25, -0.2) is 0 Å². The molecule has 0 fully saturated rings. The highest BCUT2D eigenvalue weighted by Crippen LogP contribution is 2.38. The van der Waals surface area contributed by atoms with Gasteiger partial charge in [-0.15, -0.1) is 0 Å². The van der Waals surface area contributed by atoms with Crippen LogP contribution in [-0.2, 0) is 14.4 Å². The van der Waals surface area contributed by atoms with Crippen LogP contribution in [0.15, 0.2) is 76.5 Å². The van der Waals surface area contributed by atoms with Gasteiger partial charge in [0.05, 0.1) is 11.6 Å². The fraction of sp³-hybridized carbons (Fsp3) is 0.240. The summed E-state index contributed by atoms with van der Waals surface area (Å²) in [5.41, 5.74) is 1.60. The van der Waals surface area contributed by atoms with E-state index in [9.17, 15) is 19.5 Å². The molecule has 32 heavy (non-hydrogen) atoms. The van der Waals surface area contributed by atoms with Gasteiger partial charge in [0.1, 0.15) is 0 Å². The van der Waals surface area contributed by atoms with Gasteiger partial charge in [0.2, 0.25) is 0 Å². The number of aliphatic carboxylic acids is 1. The minimum absolute atomic E-state index is 0.0510. The minimum Gasteiger partial charge on any atom is -0.503 e. The monoisotopic (exact) mass is 497 g/mol. The molecule has 2 aromatic rings. The molecular weight excluding hydrogens is 474 g/mol. The molecule has 2 aromatic carbocycles. The van der Waals surface area contributed by atoms with Crippen molar-refractivity contribution in [3.05, 3.63) is 87.6 Å². The van der Waals surface area contributed by atoms with Gasteiger partial charge in [0.25, 0.3) is 5.91 Å². The number of hydrogen-bond acceptors (Lipinski definition) is 4. The van der Waals surface area contributed by atoms with Gasteiger partial charge in [0.15, 0.2) is 11.5 Å². The average molecular weight is 498 g/mol. The number of amides is 1. The van der Waals surface area contributed by atoms with Gasteiger partial charge in [-0.3, -0.25) is 14.4 Å². The van der Waals surface area contributed by atoms with E-state index in [-0.39, 0.29) is 12.0 Å². The summed E-state index contributed by atoms with van der Waals surface area (Å²) in [5.74, 6) is -2.41. The first-order valence-electron chi connectivity index (χ1n) is 10.4. The molecule has 0 spiro atoms. The number of carboxylic acids is 1. The Morgan fingerprint density at radius 3 is 2.34 bits per heavy atom. The van der Waals surface area contributed by atoms with Gasteiger partial charge in [-0.1, -0.05) is 70.9 Å². The van der Waals surface area contributed by atoms with Gasteiger partial charge < -0.3 is 15.1 Å². The largest absolute Gasteiger partial charge is 0.503 e. The lowest BCUT2D eigenvalue weighted by Crippen LogP contribution is -2.32. The number of halogens is 1. The summed E-state index contributed by atoms with van der Waals surface area (Å²) in [5, 5.41) is 19.4. The lowest BCUT2D eigenvalue weighted by molar-refractivity contribution is -0.137. The number of aliphatic hydroxyl groups excluding tert-OH is 1. The molecule has 1 heterocycles. The summed E-state index contributed by atoms with van der Waals surface area (Å²) in [6.07, 6.45) is 4.80. The van der Waals surface area contributed by atoms with Crippen molar-refractivity contribution in [1.29, 1.82) is 0 Å². The van der Waals surface area contributed by atoms with Crippen LogP contribution >= 0.6 is 15.9 Å². The summed E-state index contributed by atoms with van der Waals surface area (Å²) in [6, 6.07) is 15.9. The highest BCUT2D eigenvalue weighted by Gasteiger charge is 2.42. The van der Waals surface area contributed by atoms with E-state index in [4.69, 9.17) is 5.11 Å². The van der Waals surface area contributed by atoms with E-state index < -0.39 is 29.5 Å². The highest BCUT2D eigenvalue weighted by molar-refractivity contribution is 9.10. The van der Waals surface area contributed by atoms with E-state index in [0.29, 0.717) is 31.4 Å². The van der Waals surface area contributed by atoms with Crippen molar-refractivity contribution in [2.75, 3.05) is 6.54 Å². The zero-order valence-corrected chi connectivity index (χ0v) is 19.0. The van der Waals surface area contributed by atoms with Gasteiger partial charge in [0, 0.05) is 17.4 Å². The fourth-order valence-corrected chi connectivity index (χ4v) is 3.95. The highest BCUT2D eigenvalue weighted by atomic mass is 79.9. The Bertz CT molecular complexity index is 1040. The second-order valence-electron chi connectivity index (χ2n) is 7.53. The lowest BCUT2D eigenvalue weighted by atomic mass is 9.95. The number of carbonyl (C=O) groups excluding carboxylic acids is 2. The SMILES string of the molecule is O=C(O)CCCCCN1C(=O)C(O)=C(C(=O)C=Cc2ccccc2)C1c1ccc(Br)cc1. The molecule has 166 valence electrons. The standard InChI is InChI=1S/C25H24BrNO5/c26-19-13-11-18(12-14-19)23-22(20(28)15-10-17-7-3-1-4-8-17)24(31)25(32)27(23)16-6-2-5-9-21(29)30/h1,3-4,7-8,10-15,23,31H,2,5-6,9,16H2,(H,29,30). The predicted octanol–water partition coefficient (Wildman–Crippen LogP) is 5.07. The first kappa shape index (κ1) is 23.5. The van der Waals surface area contributed by atoms with Crippen LogP contribution < -0.4 is 0 Å². The molecular formula is C25H24BrNO5. The number of nitrogens with zero attached hydrogens (tertiary/aromatic N) is 1. The Labute approximate surface area is 195 Å². The molecule has 0 bridgehead atoms. The third-order valence-corrected chi connectivity index (χ3v) is 5.80. The average Bonchev–Trinajstić information content (AvgIpc) is 3.03. The second-order valence-corrected chi connectivity index (χ2v) is 8.44. The van der Waals surface area contributed by atoms with Crippen LogP contribution in [0.1, 0.15) is 42.9 Å². The normalized spacial score (nSPS) is 16.2. The molecule has 0 aliphatic carbocycles. The third-order valence-electron chi connectivity index (χ3n) is 5.27. The maximum absolute atomic E-state index is 13.1. The predicted molar refractivity (Wildman–Crippen MR) is 125 cm³/mol. The topological polar surface area (TPSA) is 94.9 Å². The van der Waals surface area contributed by atoms with Crippen molar-refractivity contribution in [2.24, 2.45) is 0 Å². The van der Waals surface area contributed by atoms with E-state index in [1.54, 1.807) is 6.08 Å². The zero-order chi connectivity index (χ0) is 23.1. The number of ketones is 1. The van der Waals surface area contributed by atoms with Crippen LogP contribution in [0.2, 0.25) is 0 Å². The maximum atomic E-state index is 13.1. The summed E-state index contributed by atoms with van der Waals surface area (Å²) >= 11 is 3.39. The quantitative estimate of drug-likeness (QED) is 0.352. The number of rotatable bonds is 10. The van der Waals surface area contributed by atoms with Crippen LogP contribution in [0.5, 0.6) is 0 Å². The molecule has 3 rings (SSSR count). The van der Waals surface area contributed by atoms with Crippen molar-refractivity contribution in [2.45, 2.75) is 31.7 Å². The number of benzene rings is 2. The first-order valence-corrected chi connectivity index (χ1v) is 11.2. The molecule has 0 aromatic heterocycles. The number of allylic oxidation sites excluding steroid dienone is 1. The van der Waals surface area contributed by atoms with E-state index >= 15 is 0 Å². The molecule has 6 nitrogen and oxygen atoms in total. The minimum atomic E-state index is -0.854. The molecule has 7 heteroatoms. The second kappa shape index (κ2) is 10.9. The van der Waals surface area contributed by atoms with Crippen molar-refractivity contribution >= 4 is 39.7 Å². The van der Waals surface area contributed by atoms with Crippen molar-refractivity contribution in [3.63, 3.8) is 0 Å². The zero-order valence-electron chi connectivity index (χ0n) is 17.4. The van der Waals surface area contributed by atoms with E-state index in [2.05, 4.69) is 15.9 Å². The molecule has 0 saturated heterocycles. The smallest absolute Gasteiger partial charge is 0.303 e.